The molecule has 0 saturated heterocycles. The van der Waals surface area contributed by atoms with Gasteiger partial charge >= 0.3 is 5.97 Å². The quantitative estimate of drug-likeness (QED) is 0.588. The van der Waals surface area contributed by atoms with Crippen molar-refractivity contribution in [1.82, 2.24) is 0 Å². The first-order chi connectivity index (χ1) is 8.36. The van der Waals surface area contributed by atoms with Crippen LogP contribution in [0.25, 0.3) is 0 Å². The van der Waals surface area contributed by atoms with Crippen LogP contribution in [0.4, 0.5) is 0 Å². The van der Waals surface area contributed by atoms with Crippen molar-refractivity contribution >= 4 is 5.97 Å². The van der Waals surface area contributed by atoms with Crippen LogP contribution in [-0.4, -0.2) is 12.6 Å². The first-order valence-electron chi connectivity index (χ1n) is 6.64. The maximum atomic E-state index is 11.8. The standard InChI is InChI=1S/C16H24O2/c1-6-7-10-18-15(17)13-8-9-14(12(2)11-13)16(3,4)5/h8-9,11H,6-7,10H2,1-5H3. The zero-order valence-electron chi connectivity index (χ0n) is 12.2. The van der Waals surface area contributed by atoms with Gasteiger partial charge in [0.2, 0.25) is 0 Å². The summed E-state index contributed by atoms with van der Waals surface area (Å²) in [5, 5.41) is 0. The molecule has 0 radical (unpaired) electrons. The van der Waals surface area contributed by atoms with E-state index in [-0.39, 0.29) is 11.4 Å². The molecule has 0 amide bonds. The van der Waals surface area contributed by atoms with E-state index in [2.05, 4.69) is 27.7 Å². The van der Waals surface area contributed by atoms with Crippen molar-refractivity contribution in [2.45, 2.75) is 52.9 Å². The predicted octanol–water partition coefficient (Wildman–Crippen LogP) is 4.25. The Labute approximate surface area is 110 Å². The number of hydrogen-bond donors (Lipinski definition) is 0. The van der Waals surface area contributed by atoms with E-state index in [0.717, 1.165) is 18.4 Å². The zero-order chi connectivity index (χ0) is 13.8. The lowest BCUT2D eigenvalue weighted by Crippen LogP contribution is -2.14. The van der Waals surface area contributed by atoms with E-state index in [1.807, 2.05) is 25.1 Å². The van der Waals surface area contributed by atoms with E-state index in [1.54, 1.807) is 0 Å². The highest BCUT2D eigenvalue weighted by molar-refractivity contribution is 5.89. The third kappa shape index (κ3) is 3.86. The molecule has 18 heavy (non-hydrogen) atoms. The molecule has 0 unspecified atom stereocenters. The van der Waals surface area contributed by atoms with Gasteiger partial charge in [-0.2, -0.15) is 0 Å². The third-order valence-electron chi connectivity index (χ3n) is 3.00. The molecule has 1 rings (SSSR count). The molecular weight excluding hydrogens is 224 g/mol. The predicted molar refractivity (Wildman–Crippen MR) is 75.1 cm³/mol. The van der Waals surface area contributed by atoms with Gasteiger partial charge in [-0.05, 0) is 42.0 Å². The van der Waals surface area contributed by atoms with E-state index < -0.39 is 0 Å². The molecule has 0 aliphatic rings. The molecule has 2 nitrogen and oxygen atoms in total. The third-order valence-corrected chi connectivity index (χ3v) is 3.00. The number of esters is 1. The van der Waals surface area contributed by atoms with Crippen LogP contribution >= 0.6 is 0 Å². The van der Waals surface area contributed by atoms with E-state index >= 15 is 0 Å². The fourth-order valence-electron chi connectivity index (χ4n) is 2.02. The summed E-state index contributed by atoms with van der Waals surface area (Å²) in [5.41, 5.74) is 3.17. The van der Waals surface area contributed by atoms with Gasteiger partial charge in [0.1, 0.15) is 0 Å². The summed E-state index contributed by atoms with van der Waals surface area (Å²) in [6.45, 7) is 11.2. The van der Waals surface area contributed by atoms with Gasteiger partial charge in [-0.3, -0.25) is 0 Å². The lowest BCUT2D eigenvalue weighted by atomic mass is 9.83. The number of benzene rings is 1. The van der Waals surface area contributed by atoms with Crippen molar-refractivity contribution in [2.75, 3.05) is 6.61 Å². The molecule has 0 atom stereocenters. The second kappa shape index (κ2) is 6.03. The van der Waals surface area contributed by atoms with Crippen LogP contribution in [0.2, 0.25) is 0 Å². The SMILES string of the molecule is CCCCOC(=O)c1ccc(C(C)(C)C)c(C)c1. The van der Waals surface area contributed by atoms with Gasteiger partial charge < -0.3 is 4.74 Å². The number of aryl methyl sites for hydroxylation is 1. The number of carbonyl (C=O) groups is 1. The highest BCUT2D eigenvalue weighted by atomic mass is 16.5. The zero-order valence-corrected chi connectivity index (χ0v) is 12.2. The Balaban J connectivity index is 2.81. The highest BCUT2D eigenvalue weighted by Crippen LogP contribution is 2.26. The molecule has 0 bridgehead atoms. The molecule has 1 aromatic carbocycles. The molecule has 0 fully saturated rings. The summed E-state index contributed by atoms with van der Waals surface area (Å²) in [6, 6.07) is 5.82. The fraction of sp³-hybridized carbons (Fsp3) is 0.562. The summed E-state index contributed by atoms with van der Waals surface area (Å²) >= 11 is 0. The average molecular weight is 248 g/mol. The van der Waals surface area contributed by atoms with Gasteiger partial charge in [-0.1, -0.05) is 40.2 Å². The lowest BCUT2D eigenvalue weighted by Gasteiger charge is -2.22. The van der Waals surface area contributed by atoms with Crippen molar-refractivity contribution in [3.63, 3.8) is 0 Å². The molecule has 2 heteroatoms. The number of hydrogen-bond acceptors (Lipinski definition) is 2. The van der Waals surface area contributed by atoms with E-state index in [9.17, 15) is 4.79 Å². The topological polar surface area (TPSA) is 26.3 Å². The normalized spacial score (nSPS) is 11.4. The maximum Gasteiger partial charge on any atom is 0.338 e. The second-order valence-corrected chi connectivity index (χ2v) is 5.77. The van der Waals surface area contributed by atoms with Gasteiger partial charge in [0.05, 0.1) is 12.2 Å². The number of ether oxygens (including phenoxy) is 1. The molecule has 0 aliphatic heterocycles. The van der Waals surface area contributed by atoms with Crippen LogP contribution < -0.4 is 0 Å². The van der Waals surface area contributed by atoms with E-state index in [0.29, 0.717) is 12.2 Å². The van der Waals surface area contributed by atoms with Crippen LogP contribution in [0.1, 0.15) is 62.0 Å². The van der Waals surface area contributed by atoms with Crippen molar-refractivity contribution in [1.29, 1.82) is 0 Å². The summed E-state index contributed by atoms with van der Waals surface area (Å²) in [5.74, 6) is -0.216. The van der Waals surface area contributed by atoms with Gasteiger partial charge in [-0.15, -0.1) is 0 Å². The second-order valence-electron chi connectivity index (χ2n) is 5.77. The smallest absolute Gasteiger partial charge is 0.338 e. The average Bonchev–Trinajstić information content (AvgIpc) is 2.27. The van der Waals surface area contributed by atoms with Crippen LogP contribution in [0.15, 0.2) is 18.2 Å². The van der Waals surface area contributed by atoms with Crippen molar-refractivity contribution in [3.05, 3.63) is 34.9 Å². The van der Waals surface area contributed by atoms with Gasteiger partial charge in [-0.25, -0.2) is 4.79 Å². The Kier molecular flexibility index (Phi) is 4.94. The van der Waals surface area contributed by atoms with Crippen LogP contribution in [-0.2, 0) is 10.2 Å². The number of rotatable bonds is 4. The van der Waals surface area contributed by atoms with Crippen molar-refractivity contribution in [3.8, 4) is 0 Å². The first-order valence-corrected chi connectivity index (χ1v) is 6.64. The summed E-state index contributed by atoms with van der Waals surface area (Å²) in [4.78, 5) is 11.8. The largest absolute Gasteiger partial charge is 0.462 e. The summed E-state index contributed by atoms with van der Waals surface area (Å²) in [7, 11) is 0. The minimum absolute atomic E-state index is 0.106. The van der Waals surface area contributed by atoms with Crippen molar-refractivity contribution < 1.29 is 9.53 Å². The molecule has 100 valence electrons. The van der Waals surface area contributed by atoms with Crippen molar-refractivity contribution in [2.24, 2.45) is 0 Å². The molecule has 0 spiro atoms. The van der Waals surface area contributed by atoms with E-state index in [1.165, 1.54) is 5.56 Å². The fourth-order valence-corrected chi connectivity index (χ4v) is 2.02. The molecule has 1 aromatic rings. The Bertz CT molecular complexity index is 414. The molecule has 0 aliphatic carbocycles. The maximum absolute atomic E-state index is 11.8. The van der Waals surface area contributed by atoms with E-state index in [4.69, 9.17) is 4.74 Å². The molecule has 0 aromatic heterocycles. The monoisotopic (exact) mass is 248 g/mol. The Morgan fingerprint density at radius 3 is 2.44 bits per heavy atom. The molecule has 0 saturated carbocycles. The first kappa shape index (κ1) is 14.7. The molecule has 0 heterocycles. The minimum Gasteiger partial charge on any atom is -0.462 e. The van der Waals surface area contributed by atoms with Gasteiger partial charge in [0.15, 0.2) is 0 Å². The highest BCUT2D eigenvalue weighted by Gasteiger charge is 2.17. The molecule has 0 N–H and O–H groups in total. The van der Waals surface area contributed by atoms with Crippen LogP contribution in [0.5, 0.6) is 0 Å². The summed E-state index contributed by atoms with van der Waals surface area (Å²) in [6.07, 6.45) is 1.96. The number of unbranched alkanes of at least 4 members (excludes halogenated alkanes) is 1. The Morgan fingerprint density at radius 2 is 1.94 bits per heavy atom. The Hall–Kier alpha value is -1.31. The molecular formula is C16H24O2. The number of carbonyl (C=O) groups excluding carboxylic acids is 1. The Morgan fingerprint density at radius 1 is 1.28 bits per heavy atom. The van der Waals surface area contributed by atoms with Gasteiger partial charge in [0, 0.05) is 0 Å². The van der Waals surface area contributed by atoms with Gasteiger partial charge in [0.25, 0.3) is 0 Å². The van der Waals surface area contributed by atoms with Crippen LogP contribution in [0.3, 0.4) is 0 Å². The van der Waals surface area contributed by atoms with Crippen LogP contribution in [0, 0.1) is 6.92 Å². The summed E-state index contributed by atoms with van der Waals surface area (Å²) < 4.78 is 5.21. The minimum atomic E-state index is -0.216. The lowest BCUT2D eigenvalue weighted by molar-refractivity contribution is 0.0499.